The van der Waals surface area contributed by atoms with E-state index in [0.29, 0.717) is 5.82 Å². The van der Waals surface area contributed by atoms with Crippen molar-refractivity contribution in [3.8, 4) is 17.6 Å². The van der Waals surface area contributed by atoms with E-state index >= 15 is 0 Å². The molecule has 5 heteroatoms. The first-order valence-electron chi connectivity index (χ1n) is 10.4. The van der Waals surface area contributed by atoms with Gasteiger partial charge in [0.1, 0.15) is 11.5 Å². The van der Waals surface area contributed by atoms with Gasteiger partial charge < -0.3 is 4.90 Å². The first-order chi connectivity index (χ1) is 14.3. The van der Waals surface area contributed by atoms with Gasteiger partial charge in [0, 0.05) is 24.0 Å². The molecule has 0 N–H and O–H groups in total. The number of anilines is 1. The van der Waals surface area contributed by atoms with Crippen molar-refractivity contribution in [2.75, 3.05) is 11.4 Å². The molecule has 5 nitrogen and oxygen atoms in total. The third kappa shape index (κ3) is 3.25. The second kappa shape index (κ2) is 7.63. The summed E-state index contributed by atoms with van der Waals surface area (Å²) >= 11 is 0. The fraction of sp³-hybridized carbons (Fsp3) is 0.333. The SMILES string of the molecule is N#CC(c1ccccc1)C1CCCN1c1nc(-c2ccccn2)nc2c1CCC2. The van der Waals surface area contributed by atoms with Crippen LogP contribution in [0, 0.1) is 11.3 Å². The topological polar surface area (TPSA) is 65.7 Å². The molecule has 0 saturated carbocycles. The Morgan fingerprint density at radius 1 is 1.00 bits per heavy atom. The lowest BCUT2D eigenvalue weighted by molar-refractivity contribution is 0.605. The van der Waals surface area contributed by atoms with Crippen LogP contribution < -0.4 is 4.90 Å². The fourth-order valence-corrected chi connectivity index (χ4v) is 4.70. The van der Waals surface area contributed by atoms with Gasteiger partial charge in [-0.1, -0.05) is 36.4 Å². The van der Waals surface area contributed by atoms with Crippen LogP contribution in [-0.2, 0) is 12.8 Å². The highest BCUT2D eigenvalue weighted by atomic mass is 15.2. The molecule has 1 aliphatic carbocycles. The van der Waals surface area contributed by atoms with E-state index in [9.17, 15) is 5.26 Å². The Bertz CT molecular complexity index is 1040. The van der Waals surface area contributed by atoms with Crippen molar-refractivity contribution in [3.05, 3.63) is 71.5 Å². The van der Waals surface area contributed by atoms with Crippen LogP contribution in [0.5, 0.6) is 0 Å². The molecule has 2 unspecified atom stereocenters. The van der Waals surface area contributed by atoms with Gasteiger partial charge in [0.15, 0.2) is 5.82 Å². The van der Waals surface area contributed by atoms with Gasteiger partial charge in [-0.2, -0.15) is 5.26 Å². The monoisotopic (exact) mass is 381 g/mol. The van der Waals surface area contributed by atoms with Gasteiger partial charge in [-0.3, -0.25) is 4.98 Å². The zero-order valence-corrected chi connectivity index (χ0v) is 16.3. The van der Waals surface area contributed by atoms with Crippen molar-refractivity contribution >= 4 is 5.82 Å². The minimum atomic E-state index is -0.163. The molecule has 1 aliphatic heterocycles. The molecule has 29 heavy (non-hydrogen) atoms. The average Bonchev–Trinajstić information content (AvgIpc) is 3.45. The van der Waals surface area contributed by atoms with Crippen LogP contribution >= 0.6 is 0 Å². The highest BCUT2D eigenvalue weighted by Crippen LogP contribution is 2.38. The number of hydrogen-bond donors (Lipinski definition) is 0. The Hall–Kier alpha value is -3.26. The summed E-state index contributed by atoms with van der Waals surface area (Å²) in [5, 5.41) is 10.0. The van der Waals surface area contributed by atoms with Crippen LogP contribution in [0.25, 0.3) is 11.5 Å². The maximum absolute atomic E-state index is 10.0. The van der Waals surface area contributed by atoms with Crippen LogP contribution in [0.3, 0.4) is 0 Å². The second-order valence-electron chi connectivity index (χ2n) is 7.79. The molecule has 0 bridgehead atoms. The Morgan fingerprint density at radius 3 is 2.66 bits per heavy atom. The Morgan fingerprint density at radius 2 is 1.86 bits per heavy atom. The van der Waals surface area contributed by atoms with E-state index in [-0.39, 0.29) is 12.0 Å². The number of aryl methyl sites for hydroxylation is 1. The lowest BCUT2D eigenvalue weighted by atomic mass is 9.91. The van der Waals surface area contributed by atoms with Crippen LogP contribution in [0.15, 0.2) is 54.7 Å². The van der Waals surface area contributed by atoms with Crippen molar-refractivity contribution in [3.63, 3.8) is 0 Å². The van der Waals surface area contributed by atoms with Gasteiger partial charge in [-0.05, 0) is 49.8 Å². The number of nitrogens with zero attached hydrogens (tertiary/aromatic N) is 5. The van der Waals surface area contributed by atoms with Crippen molar-refractivity contribution < 1.29 is 0 Å². The lowest BCUT2D eigenvalue weighted by Crippen LogP contribution is -2.35. The summed E-state index contributed by atoms with van der Waals surface area (Å²) in [5.74, 6) is 1.55. The molecule has 2 aliphatic rings. The van der Waals surface area contributed by atoms with Crippen LogP contribution in [0.4, 0.5) is 5.82 Å². The molecule has 2 atom stereocenters. The van der Waals surface area contributed by atoms with Crippen molar-refractivity contribution in [2.24, 2.45) is 0 Å². The number of rotatable bonds is 4. The summed E-state index contributed by atoms with van der Waals surface area (Å²) in [5.41, 5.74) is 4.30. The summed E-state index contributed by atoms with van der Waals surface area (Å²) in [6.07, 6.45) is 6.98. The summed E-state index contributed by atoms with van der Waals surface area (Å²) in [7, 11) is 0. The lowest BCUT2D eigenvalue weighted by Gasteiger charge is -2.31. The van der Waals surface area contributed by atoms with Crippen molar-refractivity contribution in [2.45, 2.75) is 44.1 Å². The molecule has 3 heterocycles. The highest BCUT2D eigenvalue weighted by molar-refractivity contribution is 5.60. The highest BCUT2D eigenvalue weighted by Gasteiger charge is 2.36. The predicted octanol–water partition coefficient (Wildman–Crippen LogP) is 4.30. The fourth-order valence-electron chi connectivity index (χ4n) is 4.70. The van der Waals surface area contributed by atoms with E-state index < -0.39 is 0 Å². The van der Waals surface area contributed by atoms with E-state index in [1.165, 1.54) is 5.56 Å². The molecule has 0 radical (unpaired) electrons. The molecule has 1 fully saturated rings. The van der Waals surface area contributed by atoms with Gasteiger partial charge in [-0.15, -0.1) is 0 Å². The molecule has 5 rings (SSSR count). The Kier molecular flexibility index (Phi) is 4.69. The summed E-state index contributed by atoms with van der Waals surface area (Å²) < 4.78 is 0. The Balaban J connectivity index is 1.58. The maximum atomic E-state index is 10.0. The summed E-state index contributed by atoms with van der Waals surface area (Å²) in [4.78, 5) is 16.7. The quantitative estimate of drug-likeness (QED) is 0.674. The number of nitriles is 1. The minimum absolute atomic E-state index is 0.138. The van der Waals surface area contributed by atoms with Crippen molar-refractivity contribution in [1.29, 1.82) is 5.26 Å². The third-order valence-corrected chi connectivity index (χ3v) is 6.06. The maximum Gasteiger partial charge on any atom is 0.180 e. The van der Waals surface area contributed by atoms with E-state index in [1.54, 1.807) is 6.20 Å². The van der Waals surface area contributed by atoms with Crippen LogP contribution in [0.2, 0.25) is 0 Å². The van der Waals surface area contributed by atoms with E-state index in [1.807, 2.05) is 36.4 Å². The molecule has 1 saturated heterocycles. The average molecular weight is 381 g/mol. The standard InChI is InChI=1S/C24H23N5/c25-16-19(17-8-2-1-3-9-17)22-13-7-15-29(22)24-18-10-6-12-20(18)27-23(28-24)21-11-4-5-14-26-21/h1-5,8-9,11,14,19,22H,6-7,10,12-13,15H2. The normalized spacial score (nSPS) is 19.0. The zero-order valence-electron chi connectivity index (χ0n) is 16.3. The number of fused-ring (bicyclic) bond motifs is 1. The minimum Gasteiger partial charge on any atom is -0.352 e. The van der Waals surface area contributed by atoms with Crippen LogP contribution in [-0.4, -0.2) is 27.5 Å². The summed E-state index contributed by atoms with van der Waals surface area (Å²) in [6, 6.07) is 18.7. The zero-order chi connectivity index (χ0) is 19.6. The molecule has 144 valence electrons. The first-order valence-corrected chi connectivity index (χ1v) is 10.4. The van der Waals surface area contributed by atoms with Gasteiger partial charge >= 0.3 is 0 Å². The number of hydrogen-bond acceptors (Lipinski definition) is 5. The number of benzene rings is 1. The third-order valence-electron chi connectivity index (χ3n) is 6.06. The number of aromatic nitrogens is 3. The second-order valence-corrected chi connectivity index (χ2v) is 7.79. The van der Waals surface area contributed by atoms with E-state index in [4.69, 9.17) is 9.97 Å². The molecular formula is C24H23N5. The van der Waals surface area contributed by atoms with Gasteiger partial charge in [0.25, 0.3) is 0 Å². The molecule has 2 aromatic heterocycles. The summed E-state index contributed by atoms with van der Waals surface area (Å²) in [6.45, 7) is 0.931. The van der Waals surface area contributed by atoms with Crippen molar-refractivity contribution in [1.82, 2.24) is 15.0 Å². The predicted molar refractivity (Wildman–Crippen MR) is 112 cm³/mol. The van der Waals surface area contributed by atoms with Gasteiger partial charge in [-0.25, -0.2) is 9.97 Å². The molecule has 0 spiro atoms. The first kappa shape index (κ1) is 17.8. The van der Waals surface area contributed by atoms with E-state index in [2.05, 4.69) is 28.1 Å². The molecule has 3 aromatic rings. The molecule has 0 amide bonds. The molecule has 1 aromatic carbocycles. The molecular weight excluding hydrogens is 358 g/mol. The van der Waals surface area contributed by atoms with E-state index in [0.717, 1.165) is 61.4 Å². The van der Waals surface area contributed by atoms with Gasteiger partial charge in [0.05, 0.1) is 18.0 Å². The van der Waals surface area contributed by atoms with Gasteiger partial charge in [0.2, 0.25) is 0 Å². The smallest absolute Gasteiger partial charge is 0.180 e. The van der Waals surface area contributed by atoms with Crippen LogP contribution in [0.1, 0.15) is 42.0 Å². The largest absolute Gasteiger partial charge is 0.352 e. The Labute approximate surface area is 171 Å². The number of pyridine rings is 1.